The third-order valence-electron chi connectivity index (χ3n) is 2.73. The Kier molecular flexibility index (Phi) is 2.75. The minimum Gasteiger partial charge on any atom is -0.478 e. The van der Waals surface area contributed by atoms with E-state index >= 15 is 0 Å². The maximum Gasteiger partial charge on any atom is 0.218 e. The molecule has 0 atom stereocenters. The zero-order valence-corrected chi connectivity index (χ0v) is 10.4. The van der Waals surface area contributed by atoms with Crippen LogP contribution in [0, 0.1) is 0 Å². The normalized spacial score (nSPS) is 10.8. The van der Waals surface area contributed by atoms with Crippen LogP contribution in [0.25, 0.3) is 16.7 Å². The maximum atomic E-state index is 5.81. The number of nitrogens with zero attached hydrogens (tertiary/aromatic N) is 4. The number of ether oxygens (including phenoxy) is 1. The van der Waals surface area contributed by atoms with E-state index in [4.69, 9.17) is 10.5 Å². The first kappa shape index (κ1) is 11.5. The van der Waals surface area contributed by atoms with E-state index in [1.165, 1.54) is 6.33 Å². The van der Waals surface area contributed by atoms with Gasteiger partial charge in [0.1, 0.15) is 6.33 Å². The van der Waals surface area contributed by atoms with Crippen LogP contribution in [0.1, 0.15) is 6.92 Å². The topological polar surface area (TPSA) is 78.9 Å². The zero-order chi connectivity index (χ0) is 13.2. The highest BCUT2D eigenvalue weighted by molar-refractivity contribution is 5.83. The highest BCUT2D eigenvalue weighted by Crippen LogP contribution is 2.20. The molecule has 0 fully saturated rings. The number of hydrogen-bond acceptors (Lipinski definition) is 5. The van der Waals surface area contributed by atoms with Crippen LogP contribution in [0.5, 0.6) is 5.88 Å². The smallest absolute Gasteiger partial charge is 0.218 e. The highest BCUT2D eigenvalue weighted by atomic mass is 16.5. The standard InChI is InChI=1S/C13H13N5O/c1-2-19-13-6-12(15-8-16-13)18-11-5-10(14)4-3-9(11)7-17-18/h3-8H,2,14H2,1H3. The minimum atomic E-state index is 0.528. The fraction of sp³-hybridized carbons (Fsp3) is 0.154. The van der Waals surface area contributed by atoms with Crippen molar-refractivity contribution in [3.05, 3.63) is 36.8 Å². The highest BCUT2D eigenvalue weighted by Gasteiger charge is 2.07. The summed E-state index contributed by atoms with van der Waals surface area (Å²) in [7, 11) is 0. The molecule has 0 unspecified atom stereocenters. The van der Waals surface area contributed by atoms with Crippen LogP contribution in [-0.2, 0) is 0 Å². The van der Waals surface area contributed by atoms with Gasteiger partial charge in [-0.25, -0.2) is 14.6 Å². The molecule has 2 heterocycles. The van der Waals surface area contributed by atoms with E-state index in [0.717, 1.165) is 10.9 Å². The second kappa shape index (κ2) is 4.56. The first-order valence-electron chi connectivity index (χ1n) is 5.96. The minimum absolute atomic E-state index is 0.528. The molecular weight excluding hydrogens is 242 g/mol. The van der Waals surface area contributed by atoms with Gasteiger partial charge in [-0.15, -0.1) is 0 Å². The number of benzene rings is 1. The van der Waals surface area contributed by atoms with Crippen molar-refractivity contribution in [2.24, 2.45) is 0 Å². The molecular formula is C13H13N5O. The number of aromatic nitrogens is 4. The fourth-order valence-corrected chi connectivity index (χ4v) is 1.89. The van der Waals surface area contributed by atoms with Gasteiger partial charge in [0, 0.05) is 17.1 Å². The monoisotopic (exact) mass is 255 g/mol. The second-order valence-corrected chi connectivity index (χ2v) is 4.02. The lowest BCUT2D eigenvalue weighted by molar-refractivity contribution is 0.326. The van der Waals surface area contributed by atoms with Crippen LogP contribution >= 0.6 is 0 Å². The van der Waals surface area contributed by atoms with Gasteiger partial charge in [-0.2, -0.15) is 5.10 Å². The second-order valence-electron chi connectivity index (χ2n) is 4.02. The Morgan fingerprint density at radius 2 is 2.16 bits per heavy atom. The average Bonchev–Trinajstić information content (AvgIpc) is 2.82. The van der Waals surface area contributed by atoms with Crippen molar-refractivity contribution in [2.75, 3.05) is 12.3 Å². The van der Waals surface area contributed by atoms with Gasteiger partial charge < -0.3 is 10.5 Å². The lowest BCUT2D eigenvalue weighted by Gasteiger charge is -2.05. The van der Waals surface area contributed by atoms with Crippen LogP contribution in [0.4, 0.5) is 5.69 Å². The molecule has 96 valence electrons. The molecule has 0 aliphatic heterocycles. The SMILES string of the molecule is CCOc1cc(-n2ncc3ccc(N)cc32)ncn1. The summed E-state index contributed by atoms with van der Waals surface area (Å²) in [5, 5.41) is 5.33. The summed E-state index contributed by atoms with van der Waals surface area (Å²) < 4.78 is 7.08. The van der Waals surface area contributed by atoms with Crippen molar-refractivity contribution < 1.29 is 4.74 Å². The maximum absolute atomic E-state index is 5.81. The molecule has 2 N–H and O–H groups in total. The molecule has 0 spiro atoms. The van der Waals surface area contributed by atoms with Gasteiger partial charge >= 0.3 is 0 Å². The van der Waals surface area contributed by atoms with Gasteiger partial charge in [0.05, 0.1) is 18.3 Å². The molecule has 0 bridgehead atoms. The van der Waals surface area contributed by atoms with Gasteiger partial charge in [-0.3, -0.25) is 0 Å². The molecule has 6 heteroatoms. The largest absolute Gasteiger partial charge is 0.478 e. The molecule has 0 aliphatic carbocycles. The van der Waals surface area contributed by atoms with E-state index in [1.807, 2.05) is 25.1 Å². The fourth-order valence-electron chi connectivity index (χ4n) is 1.89. The summed E-state index contributed by atoms with van der Waals surface area (Å²) in [6.45, 7) is 2.47. The summed E-state index contributed by atoms with van der Waals surface area (Å²) in [6.07, 6.45) is 3.23. The number of nitrogen functional groups attached to an aromatic ring is 1. The Morgan fingerprint density at radius 3 is 3.00 bits per heavy atom. The van der Waals surface area contributed by atoms with E-state index in [-0.39, 0.29) is 0 Å². The van der Waals surface area contributed by atoms with Crippen LogP contribution in [0.15, 0.2) is 36.8 Å². The summed E-state index contributed by atoms with van der Waals surface area (Å²) in [5.41, 5.74) is 7.40. The molecule has 0 amide bonds. The molecule has 1 aromatic carbocycles. The zero-order valence-electron chi connectivity index (χ0n) is 10.4. The van der Waals surface area contributed by atoms with Crippen LogP contribution in [0.3, 0.4) is 0 Å². The van der Waals surface area contributed by atoms with Gasteiger partial charge in [-0.1, -0.05) is 0 Å². The number of hydrogen-bond donors (Lipinski definition) is 1. The molecule has 0 aliphatic rings. The summed E-state index contributed by atoms with van der Waals surface area (Å²) >= 11 is 0. The molecule has 0 saturated carbocycles. The van der Waals surface area contributed by atoms with Crippen molar-refractivity contribution in [2.45, 2.75) is 6.92 Å². The number of nitrogens with two attached hydrogens (primary N) is 1. The quantitative estimate of drug-likeness (QED) is 0.722. The first-order chi connectivity index (χ1) is 9.28. The van der Waals surface area contributed by atoms with Crippen molar-refractivity contribution >= 4 is 16.6 Å². The molecule has 0 radical (unpaired) electrons. The average molecular weight is 255 g/mol. The van der Waals surface area contributed by atoms with Crippen LogP contribution in [-0.4, -0.2) is 26.4 Å². The van der Waals surface area contributed by atoms with Gasteiger partial charge in [0.25, 0.3) is 0 Å². The van der Waals surface area contributed by atoms with Crippen molar-refractivity contribution in [3.63, 3.8) is 0 Å². The van der Waals surface area contributed by atoms with Crippen molar-refractivity contribution in [1.82, 2.24) is 19.7 Å². The van der Waals surface area contributed by atoms with E-state index in [0.29, 0.717) is 24.0 Å². The third kappa shape index (κ3) is 2.08. The molecule has 3 aromatic rings. The Balaban J connectivity index is 2.13. The lowest BCUT2D eigenvalue weighted by atomic mass is 10.2. The molecule has 0 saturated heterocycles. The molecule has 19 heavy (non-hydrogen) atoms. The van der Waals surface area contributed by atoms with Gasteiger partial charge in [0.15, 0.2) is 5.82 Å². The van der Waals surface area contributed by atoms with Gasteiger partial charge in [-0.05, 0) is 25.1 Å². The number of rotatable bonds is 3. The van der Waals surface area contributed by atoms with E-state index in [1.54, 1.807) is 16.9 Å². The van der Waals surface area contributed by atoms with E-state index in [2.05, 4.69) is 15.1 Å². The third-order valence-corrected chi connectivity index (χ3v) is 2.73. The number of fused-ring (bicyclic) bond motifs is 1. The van der Waals surface area contributed by atoms with Crippen molar-refractivity contribution in [1.29, 1.82) is 0 Å². The van der Waals surface area contributed by atoms with Crippen LogP contribution in [0.2, 0.25) is 0 Å². The molecule has 2 aromatic heterocycles. The summed E-state index contributed by atoms with van der Waals surface area (Å²) in [5.74, 6) is 1.18. The molecule has 6 nitrogen and oxygen atoms in total. The first-order valence-corrected chi connectivity index (χ1v) is 5.96. The summed E-state index contributed by atoms with van der Waals surface area (Å²) in [6, 6.07) is 7.39. The van der Waals surface area contributed by atoms with Gasteiger partial charge in [0.2, 0.25) is 5.88 Å². The Bertz CT molecular complexity index is 722. The number of anilines is 1. The van der Waals surface area contributed by atoms with E-state index < -0.39 is 0 Å². The predicted molar refractivity (Wildman–Crippen MR) is 72.2 cm³/mol. The lowest BCUT2D eigenvalue weighted by Crippen LogP contribution is -2.02. The Hall–Kier alpha value is -2.63. The Labute approximate surface area is 109 Å². The molecule has 3 rings (SSSR count). The predicted octanol–water partition coefficient (Wildman–Crippen LogP) is 1.80. The Morgan fingerprint density at radius 1 is 1.26 bits per heavy atom. The van der Waals surface area contributed by atoms with Crippen molar-refractivity contribution in [3.8, 4) is 11.7 Å². The summed E-state index contributed by atoms with van der Waals surface area (Å²) in [4.78, 5) is 8.25. The van der Waals surface area contributed by atoms with E-state index in [9.17, 15) is 0 Å². The van der Waals surface area contributed by atoms with Crippen LogP contribution < -0.4 is 10.5 Å².